The molecule has 0 bridgehead atoms. The number of esters is 1. The highest BCUT2D eigenvalue weighted by Crippen LogP contribution is 2.31. The van der Waals surface area contributed by atoms with Crippen molar-refractivity contribution in [3.63, 3.8) is 0 Å². The second-order valence-electron chi connectivity index (χ2n) is 4.68. The number of carbonyl (C=O) groups is 2. The quantitative estimate of drug-likeness (QED) is 0.695. The molecule has 0 aliphatic carbocycles. The Morgan fingerprint density at radius 2 is 2.24 bits per heavy atom. The molecular formula is C15H12ClNO4. The van der Waals surface area contributed by atoms with Gasteiger partial charge in [-0.1, -0.05) is 11.6 Å². The van der Waals surface area contributed by atoms with Gasteiger partial charge in [0.15, 0.2) is 12.7 Å². The van der Waals surface area contributed by atoms with E-state index in [0.29, 0.717) is 22.9 Å². The summed E-state index contributed by atoms with van der Waals surface area (Å²) in [5.41, 5.74) is 1.27. The van der Waals surface area contributed by atoms with Crippen LogP contribution in [0.3, 0.4) is 0 Å². The number of hydrogen-bond acceptors (Lipinski definition) is 4. The number of rotatable bonds is 4. The summed E-state index contributed by atoms with van der Waals surface area (Å²) in [6, 6.07) is 8.50. The summed E-state index contributed by atoms with van der Waals surface area (Å²) in [6.07, 6.45) is 1.30. The van der Waals surface area contributed by atoms with Gasteiger partial charge in [0, 0.05) is 17.6 Å². The van der Waals surface area contributed by atoms with Crippen molar-refractivity contribution < 1.29 is 19.1 Å². The fourth-order valence-electron chi connectivity index (χ4n) is 2.16. The molecule has 1 N–H and O–H groups in total. The van der Waals surface area contributed by atoms with E-state index in [9.17, 15) is 9.59 Å². The number of fused-ring (bicyclic) bond motifs is 1. The second kappa shape index (κ2) is 5.61. The van der Waals surface area contributed by atoms with Gasteiger partial charge in [0.2, 0.25) is 5.78 Å². The number of nitrogens with one attached hydrogen (secondary N) is 1. The van der Waals surface area contributed by atoms with Crippen LogP contribution < -0.4 is 4.74 Å². The Morgan fingerprint density at radius 1 is 1.38 bits per heavy atom. The standard InChI is InChI=1S/C15H12ClNO4/c16-10-3-4-13-9(6-10)7-14(21-13)15(19)20-8-12(18)11-2-1-5-17-11/h1-6,14,17H,7-8H2/t14-/m1/s1. The first kappa shape index (κ1) is 13.7. The van der Waals surface area contributed by atoms with Gasteiger partial charge in [-0.3, -0.25) is 4.79 Å². The molecule has 5 nitrogen and oxygen atoms in total. The van der Waals surface area contributed by atoms with Crippen LogP contribution in [0.2, 0.25) is 5.02 Å². The van der Waals surface area contributed by atoms with Crippen LogP contribution in [0.15, 0.2) is 36.5 Å². The molecule has 1 aliphatic heterocycles. The number of H-pyrrole nitrogens is 1. The first-order chi connectivity index (χ1) is 10.1. The third-order valence-corrected chi connectivity index (χ3v) is 3.44. The first-order valence-electron chi connectivity index (χ1n) is 6.42. The fraction of sp³-hybridized carbons (Fsp3) is 0.200. The van der Waals surface area contributed by atoms with Crippen molar-refractivity contribution in [2.24, 2.45) is 0 Å². The normalized spacial score (nSPS) is 16.1. The highest BCUT2D eigenvalue weighted by molar-refractivity contribution is 6.30. The lowest BCUT2D eigenvalue weighted by molar-refractivity contribution is -0.149. The zero-order valence-electron chi connectivity index (χ0n) is 11.0. The minimum atomic E-state index is -0.727. The van der Waals surface area contributed by atoms with Crippen LogP contribution in [-0.4, -0.2) is 29.4 Å². The number of carbonyl (C=O) groups excluding carboxylic acids is 2. The number of Topliss-reactive ketones (excluding diaryl/α,β-unsaturated/α-hetero) is 1. The molecule has 1 aromatic carbocycles. The van der Waals surface area contributed by atoms with E-state index in [1.54, 1.807) is 36.5 Å². The third-order valence-electron chi connectivity index (χ3n) is 3.20. The first-order valence-corrected chi connectivity index (χ1v) is 6.79. The van der Waals surface area contributed by atoms with Crippen molar-refractivity contribution in [1.29, 1.82) is 0 Å². The van der Waals surface area contributed by atoms with Crippen molar-refractivity contribution in [2.75, 3.05) is 6.61 Å². The Kier molecular flexibility index (Phi) is 3.66. The van der Waals surface area contributed by atoms with E-state index in [2.05, 4.69) is 4.98 Å². The predicted octanol–water partition coefficient (Wildman–Crippen LogP) is 2.40. The maximum absolute atomic E-state index is 11.9. The van der Waals surface area contributed by atoms with Gasteiger partial charge < -0.3 is 14.5 Å². The van der Waals surface area contributed by atoms with Crippen LogP contribution >= 0.6 is 11.6 Å². The van der Waals surface area contributed by atoms with Crippen molar-refractivity contribution in [2.45, 2.75) is 12.5 Å². The minimum Gasteiger partial charge on any atom is -0.478 e. The fourth-order valence-corrected chi connectivity index (χ4v) is 2.35. The van der Waals surface area contributed by atoms with Crippen molar-refractivity contribution >= 4 is 23.4 Å². The molecule has 1 aromatic heterocycles. The van der Waals surface area contributed by atoms with Crippen molar-refractivity contribution in [3.8, 4) is 5.75 Å². The van der Waals surface area contributed by atoms with E-state index in [0.717, 1.165) is 5.56 Å². The number of aromatic amines is 1. The van der Waals surface area contributed by atoms with Gasteiger partial charge in [-0.05, 0) is 35.9 Å². The van der Waals surface area contributed by atoms with Crippen LogP contribution in [0, 0.1) is 0 Å². The average molecular weight is 306 g/mol. The minimum absolute atomic E-state index is 0.285. The van der Waals surface area contributed by atoms with Gasteiger partial charge in [-0.2, -0.15) is 0 Å². The predicted molar refractivity (Wildman–Crippen MR) is 75.7 cm³/mol. The zero-order valence-corrected chi connectivity index (χ0v) is 11.7. The second-order valence-corrected chi connectivity index (χ2v) is 5.11. The molecule has 0 saturated carbocycles. The lowest BCUT2D eigenvalue weighted by atomic mass is 10.1. The molecule has 0 unspecified atom stereocenters. The van der Waals surface area contributed by atoms with Crippen molar-refractivity contribution in [1.82, 2.24) is 4.98 Å². The Labute approximate surface area is 125 Å². The van der Waals surface area contributed by atoms with E-state index in [-0.39, 0.29) is 12.4 Å². The highest BCUT2D eigenvalue weighted by Gasteiger charge is 2.31. The Balaban J connectivity index is 1.57. The van der Waals surface area contributed by atoms with E-state index in [1.165, 1.54) is 0 Å². The topological polar surface area (TPSA) is 68.4 Å². The molecule has 2 aromatic rings. The summed E-state index contributed by atoms with van der Waals surface area (Å²) in [7, 11) is 0. The number of ketones is 1. The molecule has 6 heteroatoms. The lowest BCUT2D eigenvalue weighted by Gasteiger charge is -2.09. The summed E-state index contributed by atoms with van der Waals surface area (Å²) in [5, 5.41) is 0.591. The highest BCUT2D eigenvalue weighted by atomic mass is 35.5. The molecule has 0 amide bonds. The van der Waals surface area contributed by atoms with Crippen LogP contribution in [0.1, 0.15) is 16.1 Å². The summed E-state index contributed by atoms with van der Waals surface area (Å²) in [6.45, 7) is -0.309. The van der Waals surface area contributed by atoms with E-state index in [1.807, 2.05) is 0 Å². The summed E-state index contributed by atoms with van der Waals surface area (Å²) >= 11 is 5.89. The zero-order chi connectivity index (χ0) is 14.8. The number of hydrogen-bond donors (Lipinski definition) is 1. The Bertz CT molecular complexity index is 681. The Morgan fingerprint density at radius 3 is 3.00 bits per heavy atom. The van der Waals surface area contributed by atoms with Gasteiger partial charge in [0.25, 0.3) is 0 Å². The molecule has 21 heavy (non-hydrogen) atoms. The molecular weight excluding hydrogens is 294 g/mol. The van der Waals surface area contributed by atoms with Crippen molar-refractivity contribution in [3.05, 3.63) is 52.8 Å². The molecule has 108 valence electrons. The molecule has 0 radical (unpaired) electrons. The summed E-state index contributed by atoms with van der Waals surface area (Å²) < 4.78 is 10.5. The van der Waals surface area contributed by atoms with Gasteiger partial charge in [0.1, 0.15) is 5.75 Å². The summed E-state index contributed by atoms with van der Waals surface area (Å²) in [5.74, 6) is -0.217. The number of ether oxygens (including phenoxy) is 2. The van der Waals surface area contributed by atoms with Gasteiger partial charge in [-0.15, -0.1) is 0 Å². The van der Waals surface area contributed by atoms with E-state index < -0.39 is 12.1 Å². The number of aromatic nitrogens is 1. The van der Waals surface area contributed by atoms with Gasteiger partial charge in [-0.25, -0.2) is 4.79 Å². The smallest absolute Gasteiger partial charge is 0.348 e. The van der Waals surface area contributed by atoms with Gasteiger partial charge in [0.05, 0.1) is 5.69 Å². The molecule has 1 aliphatic rings. The molecule has 0 fully saturated rings. The van der Waals surface area contributed by atoms with E-state index in [4.69, 9.17) is 21.1 Å². The molecule has 0 spiro atoms. The molecule has 1 atom stereocenters. The van der Waals surface area contributed by atoms with Crippen LogP contribution in [0.5, 0.6) is 5.75 Å². The summed E-state index contributed by atoms with van der Waals surface area (Å²) in [4.78, 5) is 26.4. The van der Waals surface area contributed by atoms with Crippen LogP contribution in [0.25, 0.3) is 0 Å². The molecule has 3 rings (SSSR count). The monoisotopic (exact) mass is 305 g/mol. The van der Waals surface area contributed by atoms with Crippen LogP contribution in [0.4, 0.5) is 0 Å². The largest absolute Gasteiger partial charge is 0.478 e. The molecule has 2 heterocycles. The average Bonchev–Trinajstić information content (AvgIpc) is 3.12. The van der Waals surface area contributed by atoms with E-state index >= 15 is 0 Å². The molecule has 0 saturated heterocycles. The third kappa shape index (κ3) is 2.92. The van der Waals surface area contributed by atoms with Gasteiger partial charge >= 0.3 is 5.97 Å². The van der Waals surface area contributed by atoms with Crippen LogP contribution in [-0.2, 0) is 16.0 Å². The lowest BCUT2D eigenvalue weighted by Crippen LogP contribution is -2.29. The number of halogens is 1. The Hall–Kier alpha value is -2.27. The number of benzene rings is 1. The maximum Gasteiger partial charge on any atom is 0.348 e. The SMILES string of the molecule is O=C(COC(=O)[C@H]1Cc2cc(Cl)ccc2O1)c1ccc[nH]1. The maximum atomic E-state index is 11.9.